The zero-order chi connectivity index (χ0) is 10.7. The van der Waals surface area contributed by atoms with Gasteiger partial charge in [-0.25, -0.2) is 4.39 Å². The lowest BCUT2D eigenvalue weighted by Crippen LogP contribution is -2.16. The quantitative estimate of drug-likeness (QED) is 0.876. The maximum atomic E-state index is 13.4. The van der Waals surface area contributed by atoms with E-state index in [1.54, 1.807) is 6.07 Å². The SMILES string of the molecule is NC(CC(=O)O)c1cccc(Br)c1F. The molecular formula is C9H9BrFNO2. The molecule has 1 unspecified atom stereocenters. The minimum Gasteiger partial charge on any atom is -0.481 e. The Morgan fingerprint density at radius 1 is 1.64 bits per heavy atom. The van der Waals surface area contributed by atoms with E-state index in [0.717, 1.165) is 0 Å². The second-order valence-corrected chi connectivity index (χ2v) is 3.70. The van der Waals surface area contributed by atoms with E-state index in [1.165, 1.54) is 12.1 Å². The molecule has 14 heavy (non-hydrogen) atoms. The maximum Gasteiger partial charge on any atom is 0.305 e. The Morgan fingerprint density at radius 2 is 2.29 bits per heavy atom. The summed E-state index contributed by atoms with van der Waals surface area (Å²) in [6.45, 7) is 0. The molecule has 1 atom stereocenters. The monoisotopic (exact) mass is 261 g/mol. The first-order chi connectivity index (χ1) is 6.52. The lowest BCUT2D eigenvalue weighted by atomic mass is 10.0. The minimum absolute atomic E-state index is 0.210. The van der Waals surface area contributed by atoms with Crippen molar-refractivity contribution in [1.29, 1.82) is 0 Å². The minimum atomic E-state index is -1.04. The molecule has 0 saturated carbocycles. The van der Waals surface area contributed by atoms with Crippen LogP contribution in [0.4, 0.5) is 4.39 Å². The fourth-order valence-electron chi connectivity index (χ4n) is 1.10. The van der Waals surface area contributed by atoms with Crippen LogP contribution in [0.15, 0.2) is 22.7 Å². The van der Waals surface area contributed by atoms with E-state index < -0.39 is 17.8 Å². The molecule has 0 aliphatic heterocycles. The Balaban J connectivity index is 2.95. The summed E-state index contributed by atoms with van der Waals surface area (Å²) in [4.78, 5) is 10.4. The average molecular weight is 262 g/mol. The molecule has 0 radical (unpaired) electrons. The molecule has 5 heteroatoms. The van der Waals surface area contributed by atoms with Gasteiger partial charge in [0.1, 0.15) is 5.82 Å². The van der Waals surface area contributed by atoms with Crippen LogP contribution >= 0.6 is 15.9 Å². The molecule has 76 valence electrons. The summed E-state index contributed by atoms with van der Waals surface area (Å²) in [6, 6.07) is 3.81. The van der Waals surface area contributed by atoms with Gasteiger partial charge in [0.2, 0.25) is 0 Å². The largest absolute Gasteiger partial charge is 0.481 e. The molecule has 3 N–H and O–H groups in total. The van der Waals surface area contributed by atoms with Crippen molar-refractivity contribution in [3.05, 3.63) is 34.1 Å². The summed E-state index contributed by atoms with van der Waals surface area (Å²) in [5.74, 6) is -1.54. The topological polar surface area (TPSA) is 63.3 Å². The number of halogens is 2. The predicted molar refractivity (Wildman–Crippen MR) is 53.3 cm³/mol. The molecule has 1 aromatic rings. The van der Waals surface area contributed by atoms with Gasteiger partial charge in [0.25, 0.3) is 0 Å². The van der Waals surface area contributed by atoms with E-state index in [4.69, 9.17) is 10.8 Å². The van der Waals surface area contributed by atoms with Gasteiger partial charge in [0.15, 0.2) is 0 Å². The van der Waals surface area contributed by atoms with Crippen molar-refractivity contribution in [2.24, 2.45) is 5.73 Å². The van der Waals surface area contributed by atoms with Crippen molar-refractivity contribution in [2.45, 2.75) is 12.5 Å². The van der Waals surface area contributed by atoms with Gasteiger partial charge in [-0.15, -0.1) is 0 Å². The van der Waals surface area contributed by atoms with Crippen LogP contribution in [0.1, 0.15) is 18.0 Å². The first-order valence-electron chi connectivity index (χ1n) is 3.93. The third-order valence-electron chi connectivity index (χ3n) is 1.78. The number of benzene rings is 1. The molecule has 0 aromatic heterocycles. The molecule has 0 aliphatic carbocycles. The van der Waals surface area contributed by atoms with Gasteiger partial charge in [-0.05, 0) is 22.0 Å². The number of hydrogen-bond donors (Lipinski definition) is 2. The molecular weight excluding hydrogens is 253 g/mol. The van der Waals surface area contributed by atoms with E-state index in [-0.39, 0.29) is 16.5 Å². The average Bonchev–Trinajstić information content (AvgIpc) is 2.08. The van der Waals surface area contributed by atoms with Crippen LogP contribution in [0.3, 0.4) is 0 Å². The smallest absolute Gasteiger partial charge is 0.305 e. The zero-order valence-electron chi connectivity index (χ0n) is 7.21. The Labute approximate surface area is 88.9 Å². The van der Waals surface area contributed by atoms with Crippen molar-refractivity contribution in [3.8, 4) is 0 Å². The van der Waals surface area contributed by atoms with Crippen LogP contribution in [0, 0.1) is 5.82 Å². The summed E-state index contributed by atoms with van der Waals surface area (Å²) in [7, 11) is 0. The molecule has 0 aliphatic rings. The second kappa shape index (κ2) is 4.52. The summed E-state index contributed by atoms with van der Waals surface area (Å²) >= 11 is 3.00. The van der Waals surface area contributed by atoms with Gasteiger partial charge >= 0.3 is 5.97 Å². The molecule has 0 bridgehead atoms. The molecule has 0 spiro atoms. The highest BCUT2D eigenvalue weighted by atomic mass is 79.9. The molecule has 1 aromatic carbocycles. The fourth-order valence-corrected chi connectivity index (χ4v) is 1.49. The highest BCUT2D eigenvalue weighted by Gasteiger charge is 2.15. The summed E-state index contributed by atoms with van der Waals surface area (Å²) in [5.41, 5.74) is 5.73. The van der Waals surface area contributed by atoms with E-state index in [0.29, 0.717) is 0 Å². The van der Waals surface area contributed by atoms with Crippen molar-refractivity contribution >= 4 is 21.9 Å². The van der Waals surface area contributed by atoms with Crippen LogP contribution < -0.4 is 5.73 Å². The zero-order valence-corrected chi connectivity index (χ0v) is 8.79. The number of aliphatic carboxylic acids is 1. The number of carboxylic acid groups (broad SMARTS) is 1. The lowest BCUT2D eigenvalue weighted by molar-refractivity contribution is -0.137. The standard InChI is InChI=1S/C9H9BrFNO2/c10-6-3-1-2-5(9(6)11)7(12)4-8(13)14/h1-3,7H,4,12H2,(H,13,14). The lowest BCUT2D eigenvalue weighted by Gasteiger charge is -2.10. The molecule has 3 nitrogen and oxygen atoms in total. The van der Waals surface area contributed by atoms with Gasteiger partial charge in [0, 0.05) is 11.6 Å². The van der Waals surface area contributed by atoms with Gasteiger partial charge < -0.3 is 10.8 Å². The number of carbonyl (C=O) groups is 1. The van der Waals surface area contributed by atoms with Crippen LogP contribution in [0.2, 0.25) is 0 Å². The van der Waals surface area contributed by atoms with Crippen LogP contribution in [0.5, 0.6) is 0 Å². The van der Waals surface area contributed by atoms with Gasteiger partial charge in [-0.2, -0.15) is 0 Å². The molecule has 0 saturated heterocycles. The van der Waals surface area contributed by atoms with Crippen LogP contribution in [-0.4, -0.2) is 11.1 Å². The Hall–Kier alpha value is -0.940. The first kappa shape index (κ1) is 11.1. The highest BCUT2D eigenvalue weighted by Crippen LogP contribution is 2.23. The second-order valence-electron chi connectivity index (χ2n) is 2.85. The van der Waals surface area contributed by atoms with Crippen molar-refractivity contribution in [1.82, 2.24) is 0 Å². The third kappa shape index (κ3) is 2.52. The number of hydrogen-bond acceptors (Lipinski definition) is 2. The van der Waals surface area contributed by atoms with Gasteiger partial charge in [-0.1, -0.05) is 12.1 Å². The Morgan fingerprint density at radius 3 is 2.86 bits per heavy atom. The van der Waals surface area contributed by atoms with Gasteiger partial charge in [-0.3, -0.25) is 4.79 Å². The number of nitrogens with two attached hydrogens (primary N) is 1. The van der Waals surface area contributed by atoms with E-state index in [2.05, 4.69) is 15.9 Å². The summed E-state index contributed by atoms with van der Waals surface area (Å²) in [5, 5.41) is 8.49. The summed E-state index contributed by atoms with van der Waals surface area (Å²) < 4.78 is 13.7. The third-order valence-corrected chi connectivity index (χ3v) is 2.39. The Kier molecular flexibility index (Phi) is 3.60. The van der Waals surface area contributed by atoms with Crippen LogP contribution in [0.25, 0.3) is 0 Å². The van der Waals surface area contributed by atoms with E-state index >= 15 is 0 Å². The van der Waals surface area contributed by atoms with Crippen molar-refractivity contribution in [2.75, 3.05) is 0 Å². The van der Waals surface area contributed by atoms with Crippen molar-refractivity contribution in [3.63, 3.8) is 0 Å². The fraction of sp³-hybridized carbons (Fsp3) is 0.222. The number of carboxylic acids is 1. The highest BCUT2D eigenvalue weighted by molar-refractivity contribution is 9.10. The summed E-state index contributed by atoms with van der Waals surface area (Å²) in [6.07, 6.45) is -0.284. The Bertz CT molecular complexity index is 357. The molecule has 0 heterocycles. The van der Waals surface area contributed by atoms with Gasteiger partial charge in [0.05, 0.1) is 10.9 Å². The first-order valence-corrected chi connectivity index (χ1v) is 4.73. The van der Waals surface area contributed by atoms with Crippen molar-refractivity contribution < 1.29 is 14.3 Å². The maximum absolute atomic E-state index is 13.4. The normalized spacial score (nSPS) is 12.5. The van der Waals surface area contributed by atoms with E-state index in [1.807, 2.05) is 0 Å². The van der Waals surface area contributed by atoms with E-state index in [9.17, 15) is 9.18 Å². The molecule has 0 fully saturated rings. The number of rotatable bonds is 3. The van der Waals surface area contributed by atoms with Crippen LogP contribution in [-0.2, 0) is 4.79 Å². The molecule has 1 rings (SSSR count). The predicted octanol–water partition coefficient (Wildman–Crippen LogP) is 2.06. The molecule has 0 amide bonds.